The molecule has 0 saturated carbocycles. The fourth-order valence-corrected chi connectivity index (χ4v) is 2.13. The van der Waals surface area contributed by atoms with E-state index in [9.17, 15) is 4.79 Å². The minimum atomic E-state index is -0.221. The zero-order chi connectivity index (χ0) is 15.2. The first-order valence-electron chi connectivity index (χ1n) is 6.68. The van der Waals surface area contributed by atoms with Gasteiger partial charge in [-0.3, -0.25) is 4.79 Å². The SMILES string of the molecule is Cc1cccc(C(=O)N(CC#N)Cc2ccccc2)c1N. The molecule has 2 rings (SSSR count). The smallest absolute Gasteiger partial charge is 0.257 e. The molecule has 1 amide bonds. The van der Waals surface area contributed by atoms with Crippen molar-refractivity contribution in [3.63, 3.8) is 0 Å². The van der Waals surface area contributed by atoms with E-state index in [2.05, 4.69) is 0 Å². The molecule has 106 valence electrons. The van der Waals surface area contributed by atoms with Crippen LogP contribution in [0.1, 0.15) is 21.5 Å². The molecule has 0 radical (unpaired) electrons. The Morgan fingerprint density at radius 2 is 1.90 bits per heavy atom. The summed E-state index contributed by atoms with van der Waals surface area (Å²) in [6, 6.07) is 17.0. The largest absolute Gasteiger partial charge is 0.398 e. The highest BCUT2D eigenvalue weighted by Gasteiger charge is 2.18. The minimum Gasteiger partial charge on any atom is -0.398 e. The monoisotopic (exact) mass is 279 g/mol. The number of nitrogens with two attached hydrogens (primary N) is 1. The number of nitrogens with zero attached hydrogens (tertiary/aromatic N) is 2. The van der Waals surface area contributed by atoms with Crippen LogP contribution >= 0.6 is 0 Å². The van der Waals surface area contributed by atoms with Gasteiger partial charge >= 0.3 is 0 Å². The van der Waals surface area contributed by atoms with Crippen LogP contribution in [-0.2, 0) is 6.54 Å². The van der Waals surface area contributed by atoms with Gasteiger partial charge in [0.2, 0.25) is 0 Å². The van der Waals surface area contributed by atoms with Crippen LogP contribution in [0.25, 0.3) is 0 Å². The standard InChI is InChI=1S/C17H17N3O/c1-13-6-5-9-15(16(13)19)17(21)20(11-10-18)12-14-7-3-2-4-8-14/h2-9H,11-12,19H2,1H3. The van der Waals surface area contributed by atoms with E-state index in [1.807, 2.05) is 49.4 Å². The molecule has 0 spiro atoms. The highest BCUT2D eigenvalue weighted by atomic mass is 16.2. The number of anilines is 1. The number of amides is 1. The van der Waals surface area contributed by atoms with Crippen molar-refractivity contribution in [2.75, 3.05) is 12.3 Å². The normalized spacial score (nSPS) is 9.90. The lowest BCUT2D eigenvalue weighted by atomic mass is 10.1. The van der Waals surface area contributed by atoms with Crippen LogP contribution in [0, 0.1) is 18.3 Å². The van der Waals surface area contributed by atoms with E-state index >= 15 is 0 Å². The molecule has 0 aliphatic carbocycles. The van der Waals surface area contributed by atoms with E-state index in [0.717, 1.165) is 11.1 Å². The Labute approximate surface area is 124 Å². The molecule has 0 saturated heterocycles. The minimum absolute atomic E-state index is 0.0289. The lowest BCUT2D eigenvalue weighted by molar-refractivity contribution is 0.0766. The summed E-state index contributed by atoms with van der Waals surface area (Å²) in [7, 11) is 0. The zero-order valence-electron chi connectivity index (χ0n) is 11.9. The number of nitriles is 1. The molecule has 0 bridgehead atoms. The van der Waals surface area contributed by atoms with Crippen molar-refractivity contribution in [1.29, 1.82) is 5.26 Å². The highest BCUT2D eigenvalue weighted by Crippen LogP contribution is 2.19. The van der Waals surface area contributed by atoms with Crippen molar-refractivity contribution in [2.24, 2.45) is 0 Å². The third kappa shape index (κ3) is 3.40. The average molecular weight is 279 g/mol. The van der Waals surface area contributed by atoms with Crippen LogP contribution in [-0.4, -0.2) is 17.4 Å². The molecule has 0 heterocycles. The molecule has 0 atom stereocenters. The average Bonchev–Trinajstić information content (AvgIpc) is 2.50. The summed E-state index contributed by atoms with van der Waals surface area (Å²) in [4.78, 5) is 14.1. The van der Waals surface area contributed by atoms with E-state index in [-0.39, 0.29) is 12.5 Å². The molecule has 0 aliphatic heterocycles. The number of para-hydroxylation sites is 1. The maximum absolute atomic E-state index is 12.6. The molecule has 4 nitrogen and oxygen atoms in total. The fraction of sp³-hybridized carbons (Fsp3) is 0.176. The Morgan fingerprint density at radius 1 is 1.19 bits per heavy atom. The summed E-state index contributed by atoms with van der Waals surface area (Å²) in [5.74, 6) is -0.221. The van der Waals surface area contributed by atoms with Crippen LogP contribution in [0.5, 0.6) is 0 Å². The fourth-order valence-electron chi connectivity index (χ4n) is 2.13. The Balaban J connectivity index is 2.28. The molecular formula is C17H17N3O. The first kappa shape index (κ1) is 14.6. The van der Waals surface area contributed by atoms with Gasteiger partial charge in [0.15, 0.2) is 0 Å². The molecule has 4 heteroatoms. The van der Waals surface area contributed by atoms with Crippen molar-refractivity contribution < 1.29 is 4.79 Å². The van der Waals surface area contributed by atoms with Gasteiger partial charge in [-0.05, 0) is 24.1 Å². The van der Waals surface area contributed by atoms with Crippen molar-refractivity contribution in [3.05, 3.63) is 65.2 Å². The number of benzene rings is 2. The number of nitrogen functional groups attached to an aromatic ring is 1. The molecule has 0 fully saturated rings. The van der Waals surface area contributed by atoms with Crippen LogP contribution in [0.3, 0.4) is 0 Å². The highest BCUT2D eigenvalue weighted by molar-refractivity contribution is 5.99. The molecule has 2 N–H and O–H groups in total. The number of carbonyl (C=O) groups is 1. The third-order valence-electron chi connectivity index (χ3n) is 3.32. The predicted octanol–water partition coefficient (Wildman–Crippen LogP) is 2.74. The molecule has 0 aliphatic rings. The van der Waals surface area contributed by atoms with E-state index in [0.29, 0.717) is 17.8 Å². The van der Waals surface area contributed by atoms with Crippen molar-refractivity contribution in [1.82, 2.24) is 4.90 Å². The number of aryl methyl sites for hydroxylation is 1. The molecule has 21 heavy (non-hydrogen) atoms. The number of hydrogen-bond donors (Lipinski definition) is 1. The van der Waals surface area contributed by atoms with E-state index in [1.165, 1.54) is 4.90 Å². The second-order valence-electron chi connectivity index (χ2n) is 4.84. The molecule has 2 aromatic rings. The van der Waals surface area contributed by atoms with Gasteiger partial charge in [-0.25, -0.2) is 0 Å². The summed E-state index contributed by atoms with van der Waals surface area (Å²) in [6.07, 6.45) is 0. The summed E-state index contributed by atoms with van der Waals surface area (Å²) in [5.41, 5.74) is 8.73. The van der Waals surface area contributed by atoms with Crippen LogP contribution in [0.4, 0.5) is 5.69 Å². The Hall–Kier alpha value is -2.80. The van der Waals surface area contributed by atoms with Crippen molar-refractivity contribution >= 4 is 11.6 Å². The molecule has 0 unspecified atom stereocenters. The van der Waals surface area contributed by atoms with Crippen molar-refractivity contribution in [2.45, 2.75) is 13.5 Å². The van der Waals surface area contributed by atoms with Crippen LogP contribution in [0.2, 0.25) is 0 Å². The Bertz CT molecular complexity index is 674. The van der Waals surface area contributed by atoms with Gasteiger partial charge in [0.1, 0.15) is 6.54 Å². The summed E-state index contributed by atoms with van der Waals surface area (Å²) in [5, 5.41) is 8.96. The van der Waals surface area contributed by atoms with E-state index < -0.39 is 0 Å². The van der Waals surface area contributed by atoms with Gasteiger partial charge in [-0.2, -0.15) is 5.26 Å². The quantitative estimate of drug-likeness (QED) is 0.691. The molecular weight excluding hydrogens is 262 g/mol. The first-order chi connectivity index (χ1) is 10.1. The van der Waals surface area contributed by atoms with E-state index in [4.69, 9.17) is 11.0 Å². The van der Waals surface area contributed by atoms with Crippen LogP contribution < -0.4 is 5.73 Å². The Morgan fingerprint density at radius 3 is 2.57 bits per heavy atom. The predicted molar refractivity (Wildman–Crippen MR) is 82.4 cm³/mol. The lowest BCUT2D eigenvalue weighted by Gasteiger charge is -2.21. The number of rotatable bonds is 4. The maximum atomic E-state index is 12.6. The van der Waals surface area contributed by atoms with Gasteiger partial charge in [-0.15, -0.1) is 0 Å². The Kier molecular flexibility index (Phi) is 4.57. The summed E-state index contributed by atoms with van der Waals surface area (Å²) >= 11 is 0. The second-order valence-corrected chi connectivity index (χ2v) is 4.84. The van der Waals surface area contributed by atoms with Gasteiger partial charge in [0.05, 0.1) is 11.6 Å². The topological polar surface area (TPSA) is 70.1 Å². The lowest BCUT2D eigenvalue weighted by Crippen LogP contribution is -2.31. The second kappa shape index (κ2) is 6.58. The summed E-state index contributed by atoms with van der Waals surface area (Å²) in [6.45, 7) is 2.28. The number of carbonyl (C=O) groups excluding carboxylic acids is 1. The summed E-state index contributed by atoms with van der Waals surface area (Å²) < 4.78 is 0. The number of hydrogen-bond acceptors (Lipinski definition) is 3. The van der Waals surface area contributed by atoms with Gasteiger partial charge in [0, 0.05) is 12.2 Å². The molecule has 0 aromatic heterocycles. The first-order valence-corrected chi connectivity index (χ1v) is 6.68. The zero-order valence-corrected chi connectivity index (χ0v) is 11.9. The van der Waals surface area contributed by atoms with Crippen molar-refractivity contribution in [3.8, 4) is 6.07 Å². The van der Waals surface area contributed by atoms with Crippen LogP contribution in [0.15, 0.2) is 48.5 Å². The van der Waals surface area contributed by atoms with Gasteiger partial charge in [-0.1, -0.05) is 42.5 Å². The van der Waals surface area contributed by atoms with E-state index in [1.54, 1.807) is 12.1 Å². The van der Waals surface area contributed by atoms with Gasteiger partial charge in [0.25, 0.3) is 5.91 Å². The third-order valence-corrected chi connectivity index (χ3v) is 3.32. The maximum Gasteiger partial charge on any atom is 0.257 e. The van der Waals surface area contributed by atoms with Gasteiger partial charge < -0.3 is 10.6 Å². The molecule has 2 aromatic carbocycles.